The van der Waals surface area contributed by atoms with Crippen LogP contribution in [0.1, 0.15) is 5.69 Å². The van der Waals surface area contributed by atoms with Crippen LogP contribution in [0.25, 0.3) is 0 Å². The van der Waals surface area contributed by atoms with E-state index in [-0.39, 0.29) is 24.5 Å². The van der Waals surface area contributed by atoms with E-state index in [0.717, 1.165) is 0 Å². The molecule has 0 amide bonds. The third-order valence-electron chi connectivity index (χ3n) is 2.25. The summed E-state index contributed by atoms with van der Waals surface area (Å²) in [6.07, 6.45) is 0.0967. The predicted octanol–water partition coefficient (Wildman–Crippen LogP) is 1.15. The first-order valence-electron chi connectivity index (χ1n) is 4.93. The lowest BCUT2D eigenvalue weighted by Crippen LogP contribution is -2.28. The van der Waals surface area contributed by atoms with Gasteiger partial charge in [0.15, 0.2) is 5.75 Å². The Kier molecular flexibility index (Phi) is 3.20. The molecule has 2 heterocycles. The molecule has 0 saturated carbocycles. The fourth-order valence-electron chi connectivity index (χ4n) is 1.44. The van der Waals surface area contributed by atoms with Crippen molar-refractivity contribution in [3.63, 3.8) is 0 Å². The van der Waals surface area contributed by atoms with Gasteiger partial charge in [-0.15, -0.1) is 0 Å². The zero-order chi connectivity index (χ0) is 15.1. The van der Waals surface area contributed by atoms with Crippen LogP contribution in [0, 0.1) is 10.1 Å². The first kappa shape index (κ1) is 14.3. The van der Waals surface area contributed by atoms with Gasteiger partial charge in [0.2, 0.25) is 11.4 Å². The summed E-state index contributed by atoms with van der Waals surface area (Å²) in [4.78, 5) is 13.1. The molecule has 20 heavy (non-hydrogen) atoms. The molecule has 8 nitrogen and oxygen atoms in total. The molecule has 0 saturated heterocycles. The van der Waals surface area contributed by atoms with Gasteiger partial charge in [-0.1, -0.05) is 0 Å². The highest BCUT2D eigenvalue weighted by Gasteiger charge is 2.49. The molecule has 0 aliphatic carbocycles. The maximum Gasteiger partial charge on any atom is 0.534 e. The van der Waals surface area contributed by atoms with Gasteiger partial charge in [-0.05, 0) is 9.91 Å². The molecule has 1 aliphatic heterocycles. The fourth-order valence-corrected chi connectivity index (χ4v) is 1.90. The lowest BCUT2D eigenvalue weighted by molar-refractivity contribution is -0.389. The summed E-state index contributed by atoms with van der Waals surface area (Å²) in [5.74, 6) is -2.08. The molecular weight excluding hydrogens is 309 g/mol. The molecule has 0 radical (unpaired) electrons. The van der Waals surface area contributed by atoms with E-state index in [4.69, 9.17) is 4.74 Å². The number of pyridine rings is 1. The van der Waals surface area contributed by atoms with Gasteiger partial charge in [-0.25, -0.2) is 0 Å². The van der Waals surface area contributed by atoms with Crippen LogP contribution in [-0.2, 0) is 16.5 Å². The molecule has 0 aromatic carbocycles. The van der Waals surface area contributed by atoms with Gasteiger partial charge in [-0.3, -0.25) is 0 Å². The molecular formula is C8H5F3N2O6S. The van der Waals surface area contributed by atoms with Crippen LogP contribution in [0.3, 0.4) is 0 Å². The van der Waals surface area contributed by atoms with E-state index in [1.165, 1.54) is 0 Å². The Morgan fingerprint density at radius 2 is 2.10 bits per heavy atom. The van der Waals surface area contributed by atoms with E-state index in [0.29, 0.717) is 6.07 Å². The van der Waals surface area contributed by atoms with Crippen LogP contribution in [0.2, 0.25) is 0 Å². The number of alkyl halides is 3. The molecule has 0 unspecified atom stereocenters. The molecule has 1 aromatic heterocycles. The zero-order valence-electron chi connectivity index (χ0n) is 9.38. The Morgan fingerprint density at radius 3 is 2.65 bits per heavy atom. The lowest BCUT2D eigenvalue weighted by Gasteiger charge is -2.10. The highest BCUT2D eigenvalue weighted by molar-refractivity contribution is 7.88. The van der Waals surface area contributed by atoms with Gasteiger partial charge in [0.05, 0.1) is 19.1 Å². The monoisotopic (exact) mass is 314 g/mol. The summed E-state index contributed by atoms with van der Waals surface area (Å²) in [5.41, 5.74) is -5.69. The first-order chi connectivity index (χ1) is 9.12. The van der Waals surface area contributed by atoms with Crippen molar-refractivity contribution in [1.82, 2.24) is 4.98 Å². The van der Waals surface area contributed by atoms with Gasteiger partial charge in [-0.2, -0.15) is 21.6 Å². The standard InChI is InChI=1S/C8H5F3N2O6S/c9-8(10,11)20(16,17)19-5-3-6(13(14)15)12-4-1-2-18-7(4)5/h3H,1-2H2. The summed E-state index contributed by atoms with van der Waals surface area (Å²) in [7, 11) is -5.95. The topological polar surface area (TPSA) is 109 Å². The second-order valence-electron chi connectivity index (χ2n) is 3.59. The summed E-state index contributed by atoms with van der Waals surface area (Å²) in [5, 5.41) is 10.6. The van der Waals surface area contributed by atoms with Crippen molar-refractivity contribution in [3.05, 3.63) is 21.9 Å². The SMILES string of the molecule is O=[N+]([O-])c1cc(OS(=O)(=O)C(F)(F)F)c2c(n1)CCO2. The molecule has 2 rings (SSSR count). The van der Waals surface area contributed by atoms with E-state index in [2.05, 4.69) is 9.17 Å². The Labute approximate surface area is 109 Å². The van der Waals surface area contributed by atoms with Gasteiger partial charge < -0.3 is 19.0 Å². The number of aromatic nitrogens is 1. The maximum absolute atomic E-state index is 12.2. The minimum absolute atomic E-state index is 0.00588. The van der Waals surface area contributed by atoms with Crippen LogP contribution >= 0.6 is 0 Å². The highest BCUT2D eigenvalue weighted by Crippen LogP contribution is 2.39. The Hall–Kier alpha value is -2.11. The smallest absolute Gasteiger partial charge is 0.486 e. The van der Waals surface area contributed by atoms with Crippen LogP contribution in [0.15, 0.2) is 6.07 Å². The van der Waals surface area contributed by atoms with Crippen LogP contribution in [-0.4, -0.2) is 30.4 Å². The van der Waals surface area contributed by atoms with Crippen molar-refractivity contribution >= 4 is 15.9 Å². The van der Waals surface area contributed by atoms with Gasteiger partial charge in [0.1, 0.15) is 0 Å². The van der Waals surface area contributed by atoms with E-state index in [9.17, 15) is 31.7 Å². The van der Waals surface area contributed by atoms with Crippen molar-refractivity contribution in [1.29, 1.82) is 0 Å². The third-order valence-corrected chi connectivity index (χ3v) is 3.22. The Morgan fingerprint density at radius 1 is 1.45 bits per heavy atom. The molecule has 1 aliphatic rings. The average molecular weight is 314 g/mol. The number of ether oxygens (including phenoxy) is 1. The number of fused-ring (bicyclic) bond motifs is 1. The molecule has 1 aromatic rings. The van der Waals surface area contributed by atoms with Crippen LogP contribution in [0.5, 0.6) is 11.5 Å². The van der Waals surface area contributed by atoms with Crippen LogP contribution < -0.4 is 8.92 Å². The number of nitro groups is 1. The molecule has 0 atom stereocenters. The average Bonchev–Trinajstić information content (AvgIpc) is 2.74. The largest absolute Gasteiger partial charge is 0.534 e. The number of hydrogen-bond donors (Lipinski definition) is 0. The Bertz CT molecular complexity index is 672. The van der Waals surface area contributed by atoms with Gasteiger partial charge >= 0.3 is 21.4 Å². The lowest BCUT2D eigenvalue weighted by atomic mass is 10.3. The first-order valence-corrected chi connectivity index (χ1v) is 6.34. The van der Waals surface area contributed by atoms with E-state index >= 15 is 0 Å². The number of rotatable bonds is 3. The molecule has 0 spiro atoms. The van der Waals surface area contributed by atoms with Crippen molar-refractivity contribution in [3.8, 4) is 11.5 Å². The summed E-state index contributed by atoms with van der Waals surface area (Å²) < 4.78 is 67.3. The molecule has 0 bridgehead atoms. The number of nitrogens with zero attached hydrogens (tertiary/aromatic N) is 2. The predicted molar refractivity (Wildman–Crippen MR) is 55.7 cm³/mol. The second-order valence-corrected chi connectivity index (χ2v) is 5.13. The minimum Gasteiger partial charge on any atom is -0.486 e. The van der Waals surface area contributed by atoms with Crippen LogP contribution in [0.4, 0.5) is 19.0 Å². The van der Waals surface area contributed by atoms with Crippen molar-refractivity contribution in [2.24, 2.45) is 0 Å². The molecule has 0 fully saturated rings. The van der Waals surface area contributed by atoms with Crippen molar-refractivity contribution in [2.45, 2.75) is 11.9 Å². The third kappa shape index (κ3) is 2.45. The molecule has 12 heteroatoms. The van der Waals surface area contributed by atoms with Gasteiger partial charge in [0.25, 0.3) is 0 Å². The molecule has 0 N–H and O–H groups in total. The normalized spacial score (nSPS) is 14.6. The van der Waals surface area contributed by atoms with Gasteiger partial charge in [0, 0.05) is 0 Å². The summed E-state index contributed by atoms with van der Waals surface area (Å²) >= 11 is 0. The molecule has 110 valence electrons. The summed E-state index contributed by atoms with van der Waals surface area (Å²) in [6, 6.07) is 0.466. The van der Waals surface area contributed by atoms with E-state index < -0.39 is 32.1 Å². The number of halogens is 3. The van der Waals surface area contributed by atoms with Crippen molar-refractivity contribution < 1.29 is 35.4 Å². The highest BCUT2D eigenvalue weighted by atomic mass is 32.2. The van der Waals surface area contributed by atoms with Crippen molar-refractivity contribution in [2.75, 3.05) is 6.61 Å². The zero-order valence-corrected chi connectivity index (χ0v) is 10.2. The fraction of sp³-hybridized carbons (Fsp3) is 0.375. The minimum atomic E-state index is -5.95. The van der Waals surface area contributed by atoms with E-state index in [1.54, 1.807) is 0 Å². The quantitative estimate of drug-likeness (QED) is 0.356. The van der Waals surface area contributed by atoms with E-state index in [1.807, 2.05) is 0 Å². The number of hydrogen-bond acceptors (Lipinski definition) is 7. The maximum atomic E-state index is 12.2. The second kappa shape index (κ2) is 4.47. The Balaban J connectivity index is 2.50. The summed E-state index contributed by atoms with van der Waals surface area (Å²) in [6.45, 7) is 0.00588.